The zero-order valence-electron chi connectivity index (χ0n) is 21.1. The number of methoxy groups -OCH3 is 1. The summed E-state index contributed by atoms with van der Waals surface area (Å²) < 4.78 is 101. The lowest BCUT2D eigenvalue weighted by molar-refractivity contribution is -0.220. The van der Waals surface area contributed by atoms with Gasteiger partial charge in [-0.15, -0.1) is 0 Å². The molecule has 0 bridgehead atoms. The third kappa shape index (κ3) is 7.35. The van der Waals surface area contributed by atoms with Crippen molar-refractivity contribution in [3.05, 3.63) is 47.8 Å². The van der Waals surface area contributed by atoms with Crippen LogP contribution in [0.2, 0.25) is 0 Å². The van der Waals surface area contributed by atoms with Gasteiger partial charge >= 0.3 is 18.4 Å². The molecule has 14 heteroatoms. The van der Waals surface area contributed by atoms with Crippen molar-refractivity contribution in [1.29, 1.82) is 0 Å². The first-order valence-electron chi connectivity index (χ1n) is 12.4. The van der Waals surface area contributed by atoms with Gasteiger partial charge in [-0.3, -0.25) is 4.68 Å². The van der Waals surface area contributed by atoms with Crippen molar-refractivity contribution in [2.45, 2.75) is 62.4 Å². The molecule has 2 atom stereocenters. The smallest absolute Gasteiger partial charge is 0.427 e. The normalized spacial score (nSPS) is 20.6. The van der Waals surface area contributed by atoms with Gasteiger partial charge in [0, 0.05) is 19.3 Å². The summed E-state index contributed by atoms with van der Waals surface area (Å²) in [4.78, 5) is 13.7. The molecule has 2 aliphatic heterocycles. The number of amides is 1. The lowest BCUT2D eigenvalue weighted by atomic mass is 9.83. The maximum atomic E-state index is 13.5. The maximum Gasteiger partial charge on any atom is 0.427 e. The van der Waals surface area contributed by atoms with E-state index < -0.39 is 42.3 Å². The molecular formula is C25H29F6N3O5. The zero-order chi connectivity index (χ0) is 28.3. The van der Waals surface area contributed by atoms with E-state index in [9.17, 15) is 31.1 Å². The molecular weight excluding hydrogens is 536 g/mol. The van der Waals surface area contributed by atoms with E-state index in [4.69, 9.17) is 18.9 Å². The predicted octanol–water partition coefficient (Wildman–Crippen LogP) is 5.38. The third-order valence-corrected chi connectivity index (χ3v) is 7.06. The molecule has 39 heavy (non-hydrogen) atoms. The Morgan fingerprint density at radius 3 is 2.36 bits per heavy atom. The van der Waals surface area contributed by atoms with Crippen LogP contribution in [0.15, 0.2) is 36.7 Å². The van der Waals surface area contributed by atoms with Gasteiger partial charge in [-0.25, -0.2) is 4.79 Å². The second kappa shape index (κ2) is 11.6. The summed E-state index contributed by atoms with van der Waals surface area (Å²) in [6.45, 7) is -0.561. The van der Waals surface area contributed by atoms with Crippen LogP contribution in [0.25, 0.3) is 0 Å². The van der Waals surface area contributed by atoms with Gasteiger partial charge in [-0.1, -0.05) is 12.1 Å². The molecule has 0 radical (unpaired) electrons. The van der Waals surface area contributed by atoms with Crippen molar-refractivity contribution >= 4 is 6.09 Å². The van der Waals surface area contributed by atoms with Crippen LogP contribution in [0.4, 0.5) is 31.1 Å². The van der Waals surface area contributed by atoms with Crippen molar-refractivity contribution in [1.82, 2.24) is 14.7 Å². The van der Waals surface area contributed by atoms with E-state index in [1.165, 1.54) is 16.7 Å². The van der Waals surface area contributed by atoms with Gasteiger partial charge in [0.2, 0.25) is 6.10 Å². The van der Waals surface area contributed by atoms with E-state index in [-0.39, 0.29) is 32.3 Å². The molecule has 1 spiro atoms. The highest BCUT2D eigenvalue weighted by atomic mass is 19.4. The zero-order valence-corrected chi connectivity index (χ0v) is 21.1. The number of halogens is 6. The first kappa shape index (κ1) is 29.0. The SMILES string of the molecule is COc1ccc(COCC(OC(=O)N2CCC3(CCC(n4cc(C(F)(F)F)cn4)CO3)CC2)C(F)(F)F)cc1. The monoisotopic (exact) mass is 565 g/mol. The van der Waals surface area contributed by atoms with Gasteiger partial charge in [0.25, 0.3) is 0 Å². The Morgan fingerprint density at radius 2 is 1.82 bits per heavy atom. The number of carbonyl (C=O) groups is 1. The van der Waals surface area contributed by atoms with E-state index >= 15 is 0 Å². The Bertz CT molecular complexity index is 1090. The molecule has 0 saturated carbocycles. The second-order valence-electron chi connectivity index (χ2n) is 9.66. The van der Waals surface area contributed by atoms with E-state index in [0.717, 1.165) is 12.4 Å². The number of carbonyl (C=O) groups excluding carboxylic acids is 1. The number of rotatable bonds is 7. The molecule has 2 unspecified atom stereocenters. The standard InChI is InChI=1S/C25H29F6N3O5/c1-36-20-4-2-17(3-5-20)14-37-16-21(25(29,30)31)39-22(35)33-10-8-23(9-11-33)7-6-19(15-38-23)34-13-18(12-32-34)24(26,27)28/h2-5,12-13,19,21H,6-11,14-16H2,1H3. The van der Waals surface area contributed by atoms with Gasteiger partial charge in [0.1, 0.15) is 5.75 Å². The number of ether oxygens (including phenoxy) is 4. The van der Waals surface area contributed by atoms with E-state index in [1.807, 2.05) is 0 Å². The largest absolute Gasteiger partial charge is 0.497 e. The summed E-state index contributed by atoms with van der Waals surface area (Å²) in [6, 6.07) is 6.25. The molecule has 2 aromatic rings. The maximum absolute atomic E-state index is 13.5. The average molecular weight is 566 g/mol. The second-order valence-corrected chi connectivity index (χ2v) is 9.66. The van der Waals surface area contributed by atoms with Crippen LogP contribution in [0.5, 0.6) is 5.75 Å². The number of piperidine rings is 1. The van der Waals surface area contributed by atoms with Crippen LogP contribution in [0.3, 0.4) is 0 Å². The minimum atomic E-state index is -4.81. The van der Waals surface area contributed by atoms with Gasteiger partial charge in [-0.05, 0) is 43.4 Å². The van der Waals surface area contributed by atoms with Crippen LogP contribution >= 0.6 is 0 Å². The fourth-order valence-corrected chi connectivity index (χ4v) is 4.64. The summed E-state index contributed by atoms with van der Waals surface area (Å²) >= 11 is 0. The topological polar surface area (TPSA) is 75.1 Å². The lowest BCUT2D eigenvalue weighted by Crippen LogP contribution is -2.52. The number of alkyl halides is 6. The number of likely N-dealkylation sites (tertiary alicyclic amines) is 1. The summed E-state index contributed by atoms with van der Waals surface area (Å²) in [7, 11) is 1.49. The molecule has 4 rings (SSSR count). The Hall–Kier alpha value is -3.00. The van der Waals surface area contributed by atoms with Crippen LogP contribution in [0, 0.1) is 0 Å². The molecule has 2 saturated heterocycles. The Kier molecular flexibility index (Phi) is 8.64. The molecule has 1 amide bonds. The average Bonchev–Trinajstić information content (AvgIpc) is 3.40. The van der Waals surface area contributed by atoms with E-state index in [1.54, 1.807) is 24.3 Å². The molecule has 3 heterocycles. The molecule has 1 aromatic heterocycles. The molecule has 8 nitrogen and oxygen atoms in total. The molecule has 0 aliphatic carbocycles. The lowest BCUT2D eigenvalue weighted by Gasteiger charge is -2.45. The number of hydrogen-bond donors (Lipinski definition) is 0. The van der Waals surface area contributed by atoms with Crippen molar-refractivity contribution < 1.29 is 50.1 Å². The Labute approximate surface area is 220 Å². The van der Waals surface area contributed by atoms with Crippen molar-refractivity contribution in [2.24, 2.45) is 0 Å². The Morgan fingerprint density at radius 1 is 1.13 bits per heavy atom. The highest BCUT2D eigenvalue weighted by Crippen LogP contribution is 2.39. The first-order valence-corrected chi connectivity index (χ1v) is 12.4. The molecule has 0 N–H and O–H groups in total. The minimum Gasteiger partial charge on any atom is -0.497 e. The molecule has 2 aliphatic rings. The summed E-state index contributed by atoms with van der Waals surface area (Å²) in [5.74, 6) is 0.597. The quantitative estimate of drug-likeness (QED) is 0.420. The number of hydrogen-bond acceptors (Lipinski definition) is 6. The van der Waals surface area contributed by atoms with Gasteiger partial charge in [0.15, 0.2) is 0 Å². The van der Waals surface area contributed by atoms with Crippen molar-refractivity contribution in [3.8, 4) is 5.75 Å². The summed E-state index contributed by atoms with van der Waals surface area (Å²) in [5, 5.41) is 3.81. The van der Waals surface area contributed by atoms with Crippen molar-refractivity contribution in [3.63, 3.8) is 0 Å². The summed E-state index contributed by atoms with van der Waals surface area (Å²) in [6.07, 6.45) is -9.33. The molecule has 2 fully saturated rings. The fraction of sp³-hybridized carbons (Fsp3) is 0.600. The van der Waals surface area contributed by atoms with Crippen LogP contribution in [0.1, 0.15) is 42.9 Å². The van der Waals surface area contributed by atoms with E-state index in [2.05, 4.69) is 5.10 Å². The first-order chi connectivity index (χ1) is 18.4. The molecule has 1 aromatic carbocycles. The number of benzene rings is 1. The van der Waals surface area contributed by atoms with Gasteiger partial charge in [0.05, 0.1) is 50.3 Å². The fourth-order valence-electron chi connectivity index (χ4n) is 4.64. The highest BCUT2D eigenvalue weighted by Gasteiger charge is 2.46. The van der Waals surface area contributed by atoms with Crippen LogP contribution in [-0.4, -0.2) is 72.1 Å². The van der Waals surface area contributed by atoms with Crippen LogP contribution in [-0.2, 0) is 27.0 Å². The van der Waals surface area contributed by atoms with Gasteiger partial charge in [-0.2, -0.15) is 31.4 Å². The minimum absolute atomic E-state index is 0.102. The van der Waals surface area contributed by atoms with Crippen molar-refractivity contribution in [2.75, 3.05) is 33.4 Å². The highest BCUT2D eigenvalue weighted by molar-refractivity contribution is 5.68. The van der Waals surface area contributed by atoms with Gasteiger partial charge < -0.3 is 23.8 Å². The predicted molar refractivity (Wildman–Crippen MR) is 124 cm³/mol. The number of aromatic nitrogens is 2. The molecule has 216 valence electrons. The van der Waals surface area contributed by atoms with E-state index in [0.29, 0.717) is 37.0 Å². The third-order valence-electron chi connectivity index (χ3n) is 7.06. The number of nitrogens with zero attached hydrogens (tertiary/aromatic N) is 3. The summed E-state index contributed by atoms with van der Waals surface area (Å²) in [5.41, 5.74) is -0.802. The Balaban J connectivity index is 1.24. The van der Waals surface area contributed by atoms with Crippen LogP contribution < -0.4 is 4.74 Å².